The van der Waals surface area contributed by atoms with Gasteiger partial charge in [-0.15, -0.1) is 0 Å². The summed E-state index contributed by atoms with van der Waals surface area (Å²) in [5.74, 6) is -1.08. The Bertz CT molecular complexity index is 916. The molecule has 1 aromatic carbocycles. The molecule has 0 radical (unpaired) electrons. The van der Waals surface area contributed by atoms with E-state index in [-0.39, 0.29) is 16.5 Å². The highest BCUT2D eigenvalue weighted by Gasteiger charge is 2.21. The molecule has 2 N–H and O–H groups in total. The number of aromatic carboxylic acids is 1. The minimum Gasteiger partial charge on any atom is -0.478 e. The zero-order chi connectivity index (χ0) is 18.9. The monoisotopic (exact) mass is 365 g/mol. The summed E-state index contributed by atoms with van der Waals surface area (Å²) >= 11 is 0. The SMILES string of the molecule is Cc1cc(S(=O)(=O)NC(C)Cc2c(C)nn(C)c2C)ccc1C(=O)O. The first-order chi connectivity index (χ1) is 11.5. The molecule has 2 aromatic rings. The minimum absolute atomic E-state index is 0.0569. The molecule has 0 aliphatic heterocycles. The summed E-state index contributed by atoms with van der Waals surface area (Å²) in [7, 11) is -1.88. The number of sulfonamides is 1. The second kappa shape index (κ2) is 6.97. The van der Waals surface area contributed by atoms with Crippen molar-refractivity contribution >= 4 is 16.0 Å². The third-order valence-corrected chi connectivity index (χ3v) is 5.85. The molecule has 2 rings (SSSR count). The molecule has 0 bridgehead atoms. The summed E-state index contributed by atoms with van der Waals surface area (Å²) in [5.41, 5.74) is 3.41. The third kappa shape index (κ3) is 4.08. The molecule has 1 aromatic heterocycles. The average Bonchev–Trinajstić information content (AvgIpc) is 2.72. The van der Waals surface area contributed by atoms with Crippen molar-refractivity contribution in [2.75, 3.05) is 0 Å². The van der Waals surface area contributed by atoms with Crippen molar-refractivity contribution in [3.8, 4) is 0 Å². The summed E-state index contributed by atoms with van der Waals surface area (Å²) < 4.78 is 29.5. The van der Waals surface area contributed by atoms with E-state index in [4.69, 9.17) is 5.11 Å². The van der Waals surface area contributed by atoms with Crippen molar-refractivity contribution in [3.05, 3.63) is 46.3 Å². The van der Waals surface area contributed by atoms with E-state index in [9.17, 15) is 13.2 Å². The predicted molar refractivity (Wildman–Crippen MR) is 94.3 cm³/mol. The number of carbonyl (C=O) groups is 1. The Morgan fingerprint density at radius 2 is 1.96 bits per heavy atom. The number of carboxylic acids is 1. The lowest BCUT2D eigenvalue weighted by atomic mass is 10.1. The minimum atomic E-state index is -3.73. The van der Waals surface area contributed by atoms with E-state index in [1.807, 2.05) is 20.9 Å². The van der Waals surface area contributed by atoms with Crippen molar-refractivity contribution < 1.29 is 18.3 Å². The zero-order valence-electron chi connectivity index (χ0n) is 15.0. The number of nitrogens with zero attached hydrogens (tertiary/aromatic N) is 2. The van der Waals surface area contributed by atoms with Gasteiger partial charge in [0.15, 0.2) is 0 Å². The van der Waals surface area contributed by atoms with Crippen molar-refractivity contribution in [2.24, 2.45) is 7.05 Å². The molecule has 136 valence electrons. The van der Waals surface area contributed by atoms with E-state index in [0.29, 0.717) is 12.0 Å². The summed E-state index contributed by atoms with van der Waals surface area (Å²) in [6, 6.07) is 3.67. The van der Waals surface area contributed by atoms with Crippen LogP contribution in [0, 0.1) is 20.8 Å². The Balaban J connectivity index is 2.20. The first kappa shape index (κ1) is 19.1. The van der Waals surface area contributed by atoms with E-state index in [1.165, 1.54) is 18.2 Å². The van der Waals surface area contributed by atoms with Gasteiger partial charge in [-0.05, 0) is 63.4 Å². The molecule has 0 saturated heterocycles. The lowest BCUT2D eigenvalue weighted by Crippen LogP contribution is -2.34. The van der Waals surface area contributed by atoms with Gasteiger partial charge in [-0.1, -0.05) is 0 Å². The van der Waals surface area contributed by atoms with Crippen LogP contribution in [-0.4, -0.2) is 35.3 Å². The summed E-state index contributed by atoms with van der Waals surface area (Å²) in [4.78, 5) is 11.1. The lowest BCUT2D eigenvalue weighted by molar-refractivity contribution is 0.0696. The van der Waals surface area contributed by atoms with Crippen molar-refractivity contribution in [3.63, 3.8) is 0 Å². The number of benzene rings is 1. The molecule has 25 heavy (non-hydrogen) atoms. The lowest BCUT2D eigenvalue weighted by Gasteiger charge is -2.15. The highest BCUT2D eigenvalue weighted by molar-refractivity contribution is 7.89. The fraction of sp³-hybridized carbons (Fsp3) is 0.412. The Morgan fingerprint density at radius 3 is 2.44 bits per heavy atom. The zero-order valence-corrected chi connectivity index (χ0v) is 15.8. The molecule has 0 spiro atoms. The van der Waals surface area contributed by atoms with Gasteiger partial charge >= 0.3 is 5.97 Å². The largest absolute Gasteiger partial charge is 0.478 e. The Kier molecular flexibility index (Phi) is 5.34. The maximum absolute atomic E-state index is 12.6. The van der Waals surface area contributed by atoms with Gasteiger partial charge in [0.2, 0.25) is 10.0 Å². The molecule has 7 nitrogen and oxygen atoms in total. The molecule has 1 heterocycles. The number of aryl methyl sites for hydroxylation is 3. The third-order valence-electron chi connectivity index (χ3n) is 4.26. The maximum Gasteiger partial charge on any atom is 0.335 e. The highest BCUT2D eigenvalue weighted by atomic mass is 32.2. The van der Waals surface area contributed by atoms with Crippen LogP contribution in [-0.2, 0) is 23.5 Å². The van der Waals surface area contributed by atoms with Crippen LogP contribution in [0.1, 0.15) is 39.8 Å². The van der Waals surface area contributed by atoms with Gasteiger partial charge in [0.25, 0.3) is 0 Å². The van der Waals surface area contributed by atoms with Crippen LogP contribution in [0.4, 0.5) is 0 Å². The Morgan fingerprint density at radius 1 is 1.32 bits per heavy atom. The van der Waals surface area contributed by atoms with Crippen LogP contribution in [0.25, 0.3) is 0 Å². The first-order valence-electron chi connectivity index (χ1n) is 7.88. The number of rotatable bonds is 6. The molecule has 1 unspecified atom stereocenters. The van der Waals surface area contributed by atoms with Gasteiger partial charge in [0.1, 0.15) is 0 Å². The van der Waals surface area contributed by atoms with Gasteiger partial charge in [0.05, 0.1) is 16.2 Å². The summed E-state index contributed by atoms with van der Waals surface area (Å²) in [6.45, 7) is 7.22. The molecule has 0 aliphatic rings. The van der Waals surface area contributed by atoms with Crippen LogP contribution in [0.2, 0.25) is 0 Å². The number of carboxylic acid groups (broad SMARTS) is 1. The van der Waals surface area contributed by atoms with Gasteiger partial charge in [-0.3, -0.25) is 4.68 Å². The molecular weight excluding hydrogens is 342 g/mol. The van der Waals surface area contributed by atoms with E-state index < -0.39 is 16.0 Å². The van der Waals surface area contributed by atoms with Crippen LogP contribution in [0.3, 0.4) is 0 Å². The van der Waals surface area contributed by atoms with Crippen molar-refractivity contribution in [2.45, 2.75) is 45.1 Å². The number of hydrogen-bond acceptors (Lipinski definition) is 4. The molecular formula is C17H23N3O4S. The topological polar surface area (TPSA) is 101 Å². The number of hydrogen-bond donors (Lipinski definition) is 2. The van der Waals surface area contributed by atoms with Crippen LogP contribution < -0.4 is 4.72 Å². The smallest absolute Gasteiger partial charge is 0.335 e. The summed E-state index contributed by atoms with van der Waals surface area (Å²) in [6.07, 6.45) is 0.525. The predicted octanol–water partition coefficient (Wildman–Crippen LogP) is 1.95. The molecule has 1 atom stereocenters. The summed E-state index contributed by atoms with van der Waals surface area (Å²) in [5, 5.41) is 13.4. The first-order valence-corrected chi connectivity index (χ1v) is 9.36. The second-order valence-corrected chi connectivity index (χ2v) is 8.00. The average molecular weight is 365 g/mol. The maximum atomic E-state index is 12.6. The van der Waals surface area contributed by atoms with E-state index in [0.717, 1.165) is 17.0 Å². The van der Waals surface area contributed by atoms with Gasteiger partial charge < -0.3 is 5.11 Å². The van der Waals surface area contributed by atoms with E-state index in [2.05, 4.69) is 9.82 Å². The number of aromatic nitrogens is 2. The molecule has 8 heteroatoms. The van der Waals surface area contributed by atoms with Gasteiger partial charge in [-0.25, -0.2) is 17.9 Å². The standard InChI is InChI=1S/C17H23N3O4S/c1-10-8-14(6-7-15(10)17(21)22)25(23,24)19-11(2)9-16-12(3)18-20(5)13(16)4/h6-8,11,19H,9H2,1-5H3,(H,21,22). The second-order valence-electron chi connectivity index (χ2n) is 6.28. The number of nitrogens with one attached hydrogen (secondary N) is 1. The van der Waals surface area contributed by atoms with Crippen LogP contribution in [0.15, 0.2) is 23.1 Å². The fourth-order valence-electron chi connectivity index (χ4n) is 2.84. The Hall–Kier alpha value is -2.19. The van der Waals surface area contributed by atoms with E-state index >= 15 is 0 Å². The molecule has 0 aliphatic carbocycles. The van der Waals surface area contributed by atoms with Crippen LogP contribution in [0.5, 0.6) is 0 Å². The van der Waals surface area contributed by atoms with Crippen molar-refractivity contribution in [1.82, 2.24) is 14.5 Å². The highest BCUT2D eigenvalue weighted by Crippen LogP contribution is 2.18. The molecule has 0 fully saturated rings. The Labute approximate surface area is 147 Å². The quantitative estimate of drug-likeness (QED) is 0.815. The molecule has 0 amide bonds. The van der Waals surface area contributed by atoms with E-state index in [1.54, 1.807) is 18.5 Å². The normalized spacial score (nSPS) is 13.0. The van der Waals surface area contributed by atoms with Crippen molar-refractivity contribution in [1.29, 1.82) is 0 Å². The fourth-order valence-corrected chi connectivity index (χ4v) is 4.17. The van der Waals surface area contributed by atoms with Crippen LogP contribution >= 0.6 is 0 Å². The molecule has 0 saturated carbocycles. The van der Waals surface area contributed by atoms with Gasteiger partial charge in [-0.2, -0.15) is 5.10 Å². The van der Waals surface area contributed by atoms with Gasteiger partial charge in [0, 0.05) is 18.8 Å².